The number of carbonyl (C=O) groups is 6. The first-order valence-electron chi connectivity index (χ1n) is 27.6. The molecule has 5 heterocycles. The second-order valence-electron chi connectivity index (χ2n) is 22.1. The summed E-state index contributed by atoms with van der Waals surface area (Å²) in [6, 6.07) is 21.5. The lowest BCUT2D eigenvalue weighted by atomic mass is 9.95. The molecular formula is C59H78F2N4O10Si. The van der Waals surface area contributed by atoms with Crippen LogP contribution < -0.4 is 9.80 Å². The molecule has 3 aromatic carbocycles. The second kappa shape index (κ2) is 25.3. The van der Waals surface area contributed by atoms with Gasteiger partial charge in [0, 0.05) is 58.9 Å². The zero-order valence-corrected chi connectivity index (χ0v) is 46.4. The molecule has 0 unspecified atom stereocenters. The van der Waals surface area contributed by atoms with Crippen LogP contribution in [0.1, 0.15) is 119 Å². The zero-order valence-electron chi connectivity index (χ0n) is 45.4. The smallest absolute Gasteiger partial charge is 0.306 e. The van der Waals surface area contributed by atoms with E-state index in [0.29, 0.717) is 70.4 Å². The molecule has 0 saturated carbocycles. The number of likely N-dealkylation sites (tertiary alicyclic amines) is 2. The summed E-state index contributed by atoms with van der Waals surface area (Å²) in [5.74, 6) is -4.60. The van der Waals surface area contributed by atoms with Crippen LogP contribution in [0.15, 0.2) is 60.7 Å². The van der Waals surface area contributed by atoms with Gasteiger partial charge in [0.25, 0.3) is 0 Å². The van der Waals surface area contributed by atoms with Gasteiger partial charge in [-0.1, -0.05) is 79.9 Å². The van der Waals surface area contributed by atoms with Crippen LogP contribution >= 0.6 is 0 Å². The Kier molecular flexibility index (Phi) is 18.9. The number of Topliss-reactive ketones (excluding diaryl/α,β-unsaturated/α-hetero) is 2. The molecule has 5 saturated heterocycles. The molecule has 0 aliphatic carbocycles. The highest BCUT2D eigenvalue weighted by Gasteiger charge is 2.43. The van der Waals surface area contributed by atoms with Crippen molar-refractivity contribution in [2.24, 2.45) is 11.8 Å². The molecule has 0 radical (unpaired) electrons. The van der Waals surface area contributed by atoms with E-state index < -0.39 is 67.8 Å². The number of halogens is 2. The van der Waals surface area contributed by atoms with Crippen LogP contribution in [0.3, 0.4) is 0 Å². The minimum atomic E-state index is -1.39. The molecular weight excluding hydrogens is 991 g/mol. The first-order chi connectivity index (χ1) is 36.6. The van der Waals surface area contributed by atoms with Gasteiger partial charge in [-0.3, -0.25) is 28.8 Å². The first kappa shape index (κ1) is 56.7. The fourth-order valence-electron chi connectivity index (χ4n) is 13.1. The molecule has 2 amide bonds. The lowest BCUT2D eigenvalue weighted by Gasteiger charge is -2.43. The Hall–Kier alpha value is -5.52. The highest BCUT2D eigenvalue weighted by Crippen LogP contribution is 2.49. The quantitative estimate of drug-likeness (QED) is 0.0784. The lowest BCUT2D eigenvalue weighted by molar-refractivity contribution is -0.151. The third kappa shape index (κ3) is 12.6. The highest BCUT2D eigenvalue weighted by molar-refractivity contribution is 6.80. The molecule has 0 aromatic heterocycles. The van der Waals surface area contributed by atoms with Crippen LogP contribution in [-0.2, 0) is 60.6 Å². The van der Waals surface area contributed by atoms with Crippen molar-refractivity contribution >= 4 is 54.8 Å². The number of hydrogen-bond donors (Lipinski definition) is 0. The topological polar surface area (TPSA) is 152 Å². The molecule has 8 rings (SSSR count). The van der Waals surface area contributed by atoms with E-state index in [1.165, 1.54) is 71.9 Å². The number of amides is 2. The maximum Gasteiger partial charge on any atom is 0.306 e. The molecule has 5 aliphatic heterocycles. The normalized spacial score (nSPS) is 23.1. The Morgan fingerprint density at radius 3 is 1.38 bits per heavy atom. The van der Waals surface area contributed by atoms with E-state index in [-0.39, 0.29) is 66.8 Å². The van der Waals surface area contributed by atoms with E-state index >= 15 is 8.78 Å². The van der Waals surface area contributed by atoms with Gasteiger partial charge in [0.1, 0.15) is 5.69 Å². The average Bonchev–Trinajstić information content (AvgIpc) is 4.24. The molecule has 5 fully saturated rings. The Balaban J connectivity index is 1.01. The molecule has 0 bridgehead atoms. The Morgan fingerprint density at radius 2 is 0.987 bits per heavy atom. The number of methoxy groups -OCH3 is 4. The predicted octanol–water partition coefficient (Wildman–Crippen LogP) is 9.13. The first-order valence-corrected chi connectivity index (χ1v) is 30.5. The van der Waals surface area contributed by atoms with Crippen molar-refractivity contribution in [1.82, 2.24) is 9.80 Å². The number of benzene rings is 3. The minimum absolute atomic E-state index is 0.0446. The van der Waals surface area contributed by atoms with Gasteiger partial charge in [0.05, 0.1) is 83.3 Å². The van der Waals surface area contributed by atoms with Gasteiger partial charge in [-0.25, -0.2) is 8.78 Å². The summed E-state index contributed by atoms with van der Waals surface area (Å²) in [5.41, 5.74) is 3.86. The summed E-state index contributed by atoms with van der Waals surface area (Å²) in [6.45, 7) is 5.62. The van der Waals surface area contributed by atoms with Gasteiger partial charge in [0.15, 0.2) is 23.2 Å². The van der Waals surface area contributed by atoms with Crippen molar-refractivity contribution in [2.75, 3.05) is 64.4 Å². The molecule has 5 aliphatic rings. The van der Waals surface area contributed by atoms with Gasteiger partial charge >= 0.3 is 11.9 Å². The summed E-state index contributed by atoms with van der Waals surface area (Å²) in [5, 5.41) is 0. The predicted molar refractivity (Wildman–Crippen MR) is 288 cm³/mol. The summed E-state index contributed by atoms with van der Waals surface area (Å²) >= 11 is 0. The third-order valence-corrected chi connectivity index (χ3v) is 23.2. The standard InChI is InChI=1S/C59H78F2N4O10Si/c1-38(72-3)45(36-55(68)74-5)58(70)63-24-10-12-51(63)53(66)32-40-14-18-42(19-15-40)49-22-23-50(65(49)44-34-47(60)57(48(61)35-44)62-26-30-76(31-27-62)28-8-7-9-29-76)43-20-16-41(17-21-43)33-54(67)52-13-11-25-64(52)59(71)46(39(2)73-4)37-56(69)75-6/h14-21,34-35,38-39,45-46,49-52H,7-13,22-33,36-37H2,1-6H3/t38-,39-,45+,46+,49-,50-,51+,52+/m1/s1. The number of esters is 2. The van der Waals surface area contributed by atoms with Gasteiger partial charge in [-0.15, -0.1) is 0 Å². The molecule has 412 valence electrons. The minimum Gasteiger partial charge on any atom is -0.469 e. The van der Waals surface area contributed by atoms with Crippen LogP contribution in [-0.4, -0.2) is 132 Å². The van der Waals surface area contributed by atoms with E-state index in [2.05, 4.69) is 4.90 Å². The molecule has 3 aromatic rings. The fraction of sp³-hybridized carbons (Fsp3) is 0.593. The van der Waals surface area contributed by atoms with Gasteiger partial charge in [-0.05, 0) is 98.8 Å². The van der Waals surface area contributed by atoms with Gasteiger partial charge in [-0.2, -0.15) is 0 Å². The van der Waals surface area contributed by atoms with E-state index in [1.807, 2.05) is 53.4 Å². The van der Waals surface area contributed by atoms with E-state index in [9.17, 15) is 28.8 Å². The van der Waals surface area contributed by atoms with E-state index in [0.717, 1.165) is 34.3 Å². The maximum absolute atomic E-state index is 16.7. The van der Waals surface area contributed by atoms with Crippen LogP contribution in [0.25, 0.3) is 0 Å². The largest absolute Gasteiger partial charge is 0.469 e. The van der Waals surface area contributed by atoms with Crippen molar-refractivity contribution in [3.63, 3.8) is 0 Å². The van der Waals surface area contributed by atoms with Crippen molar-refractivity contribution in [3.8, 4) is 0 Å². The fourth-order valence-corrected chi connectivity index (χ4v) is 18.1. The van der Waals surface area contributed by atoms with Crippen LogP contribution in [0.5, 0.6) is 0 Å². The highest BCUT2D eigenvalue weighted by atomic mass is 28.3. The number of ketones is 2. The summed E-state index contributed by atoms with van der Waals surface area (Å²) < 4.78 is 54.0. The average molecular weight is 1070 g/mol. The third-order valence-electron chi connectivity index (χ3n) is 17.8. The van der Waals surface area contributed by atoms with Crippen molar-refractivity contribution in [2.45, 2.75) is 158 Å². The Bertz CT molecular complexity index is 2400. The van der Waals surface area contributed by atoms with Crippen LogP contribution in [0.2, 0.25) is 24.2 Å². The summed E-state index contributed by atoms with van der Waals surface area (Å²) in [7, 11) is 4.12. The van der Waals surface area contributed by atoms with Crippen LogP contribution in [0.4, 0.5) is 20.2 Å². The van der Waals surface area contributed by atoms with E-state index in [1.54, 1.807) is 23.6 Å². The SMILES string of the molecule is COC(=O)C[C@H](C(=O)N1CCC[C@H]1C(=O)Cc1ccc([C@H]2CC[C@H](c3ccc(CC(=O)[C@@H]4CCCN4C(=O)[C@@H](CC(=O)OC)[C@@H](C)OC)cc3)N2c2cc(F)c(N3CC[Si]4(CCCCC4)CC3)c(F)c2)cc1)[C@@H](C)OC. The number of anilines is 2. The number of ether oxygens (including phenoxy) is 4. The molecule has 17 heteroatoms. The summed E-state index contributed by atoms with van der Waals surface area (Å²) in [4.78, 5) is 87.4. The van der Waals surface area contributed by atoms with E-state index in [4.69, 9.17) is 18.9 Å². The number of hydrogen-bond acceptors (Lipinski definition) is 12. The molecule has 8 atom stereocenters. The van der Waals surface area contributed by atoms with Gasteiger partial charge in [0.2, 0.25) is 11.8 Å². The van der Waals surface area contributed by atoms with Crippen molar-refractivity contribution in [3.05, 3.63) is 94.6 Å². The monoisotopic (exact) mass is 1070 g/mol. The van der Waals surface area contributed by atoms with Crippen molar-refractivity contribution in [1.29, 1.82) is 0 Å². The molecule has 76 heavy (non-hydrogen) atoms. The van der Waals surface area contributed by atoms with Crippen molar-refractivity contribution < 1.29 is 56.5 Å². The number of carbonyl (C=O) groups excluding carboxylic acids is 6. The second-order valence-corrected chi connectivity index (χ2v) is 27.1. The molecule has 14 nitrogen and oxygen atoms in total. The number of rotatable bonds is 20. The molecule has 1 spiro atoms. The Labute approximate surface area is 448 Å². The van der Waals surface area contributed by atoms with Crippen LogP contribution in [0, 0.1) is 23.5 Å². The zero-order chi connectivity index (χ0) is 54.3. The Morgan fingerprint density at radius 1 is 0.566 bits per heavy atom. The number of nitrogens with zero attached hydrogens (tertiary/aromatic N) is 4. The lowest BCUT2D eigenvalue weighted by Crippen LogP contribution is -2.48. The maximum atomic E-state index is 16.7. The molecule has 0 N–H and O–H groups in total. The summed E-state index contributed by atoms with van der Waals surface area (Å²) in [6.07, 6.45) is 6.31. The van der Waals surface area contributed by atoms with Gasteiger partial charge < -0.3 is 38.5 Å².